The molecule has 0 radical (unpaired) electrons. The number of nitrogen functional groups attached to an aromatic ring is 2. The summed E-state index contributed by atoms with van der Waals surface area (Å²) in [6.45, 7) is 18.7. The average molecular weight is 1670 g/mol. The number of methoxy groups -OCH3 is 1. The lowest BCUT2D eigenvalue weighted by molar-refractivity contribution is -0.167. The maximum Gasteiger partial charge on any atom is 0.407 e. The molecule has 31 nitrogen and oxygen atoms in total. The molecular weight excluding hydrogens is 1550 g/mol. The van der Waals surface area contributed by atoms with Gasteiger partial charge in [-0.25, -0.2) is 34.2 Å². The van der Waals surface area contributed by atoms with Crippen LogP contribution in [0.2, 0.25) is 0 Å². The molecule has 31 heteroatoms. The van der Waals surface area contributed by atoms with Crippen LogP contribution in [0.3, 0.4) is 0 Å². The van der Waals surface area contributed by atoms with Crippen LogP contribution in [0.25, 0.3) is 33.4 Å². The van der Waals surface area contributed by atoms with Crippen molar-refractivity contribution in [1.29, 1.82) is 0 Å². The second-order valence-corrected chi connectivity index (χ2v) is 33.2. The zero-order valence-corrected chi connectivity index (χ0v) is 71.0. The van der Waals surface area contributed by atoms with Gasteiger partial charge in [-0.05, 0) is 162 Å². The highest BCUT2D eigenvalue weighted by Crippen LogP contribution is 2.36. The molecule has 9 atom stereocenters. The van der Waals surface area contributed by atoms with Gasteiger partial charge in [0.25, 0.3) is 11.9 Å². The first kappa shape index (κ1) is 90.5. The van der Waals surface area contributed by atoms with E-state index in [9.17, 15) is 38.7 Å². The number of carbonyl (C=O) groups is 7. The van der Waals surface area contributed by atoms with E-state index in [0.29, 0.717) is 195 Å². The first-order valence-corrected chi connectivity index (χ1v) is 43.3. The van der Waals surface area contributed by atoms with Gasteiger partial charge in [0.05, 0.1) is 89.5 Å². The van der Waals surface area contributed by atoms with Crippen LogP contribution < -0.4 is 21.7 Å². The van der Waals surface area contributed by atoms with Crippen molar-refractivity contribution >= 4 is 81.1 Å². The van der Waals surface area contributed by atoms with Crippen molar-refractivity contribution < 1.29 is 81.0 Å². The van der Waals surface area contributed by atoms with E-state index < -0.39 is 54.0 Å². The Balaban J connectivity index is 0.501. The molecule has 1 saturated carbocycles. The summed E-state index contributed by atoms with van der Waals surface area (Å²) < 4.78 is 54.8. The predicted octanol–water partition coefficient (Wildman–Crippen LogP) is 10.2. The number of Topliss-reactive ketones (excluding diaryl/α,β-unsaturated/α-hetero) is 3. The predicted molar refractivity (Wildman–Crippen MR) is 454 cm³/mol. The fourth-order valence-electron chi connectivity index (χ4n) is 17.0. The number of ketones is 3. The quantitative estimate of drug-likeness (QED) is 0.0170. The summed E-state index contributed by atoms with van der Waals surface area (Å²) in [5.41, 5.74) is 20.9. The van der Waals surface area contributed by atoms with Gasteiger partial charge in [0.2, 0.25) is 17.6 Å². The van der Waals surface area contributed by atoms with Crippen molar-refractivity contribution in [2.75, 3.05) is 122 Å². The summed E-state index contributed by atoms with van der Waals surface area (Å²) in [6.07, 6.45) is 20.9. The highest BCUT2D eigenvalue weighted by atomic mass is 16.6. The molecular formula is C90H122N14O17. The summed E-state index contributed by atoms with van der Waals surface area (Å²) in [7, 11) is 1.64. The third-order valence-corrected chi connectivity index (χ3v) is 24.2. The smallest absolute Gasteiger partial charge is 0.407 e. The summed E-state index contributed by atoms with van der Waals surface area (Å²) in [4.78, 5) is 127. The number of hydrogen-bond donors (Lipinski definition) is 4. The Morgan fingerprint density at radius 1 is 0.719 bits per heavy atom. The van der Waals surface area contributed by atoms with Crippen molar-refractivity contribution in [2.45, 2.75) is 212 Å². The number of piperazine rings is 1. The number of ether oxygens (including phenoxy) is 8. The Morgan fingerprint density at radius 3 is 2.23 bits per heavy atom. The highest BCUT2D eigenvalue weighted by molar-refractivity contribution is 6.38. The van der Waals surface area contributed by atoms with Crippen molar-refractivity contribution in [3.63, 3.8) is 0 Å². The van der Waals surface area contributed by atoms with E-state index in [4.69, 9.17) is 58.9 Å². The van der Waals surface area contributed by atoms with E-state index in [1.54, 1.807) is 45.5 Å². The van der Waals surface area contributed by atoms with Gasteiger partial charge < -0.3 is 78.9 Å². The van der Waals surface area contributed by atoms with Gasteiger partial charge in [-0.2, -0.15) is 10.1 Å². The number of nitrogens with two attached hydrogens (primary N) is 2. The summed E-state index contributed by atoms with van der Waals surface area (Å²) in [5.74, 6) is -2.14. The van der Waals surface area contributed by atoms with Gasteiger partial charge in [-0.15, -0.1) is 0 Å². The number of allylic oxidation sites excluding steroid dienone is 6. The lowest BCUT2D eigenvalue weighted by atomic mass is 9.83. The first-order chi connectivity index (χ1) is 58.6. The Hall–Kier alpha value is -9.73. The molecule has 654 valence electrons. The van der Waals surface area contributed by atoms with Crippen molar-refractivity contribution in [1.82, 2.24) is 54.7 Å². The van der Waals surface area contributed by atoms with Crippen LogP contribution >= 0.6 is 0 Å². The average Bonchev–Trinajstić information content (AvgIpc) is 1.61. The topological polar surface area (TPSA) is 386 Å². The van der Waals surface area contributed by atoms with Gasteiger partial charge >= 0.3 is 12.1 Å². The van der Waals surface area contributed by atoms with Crippen LogP contribution in [0, 0.1) is 23.7 Å². The number of nitrogens with zero attached hydrogens (tertiary/aromatic N) is 11. The molecule has 121 heavy (non-hydrogen) atoms. The molecule has 1 aliphatic carbocycles. The Bertz CT molecular complexity index is 4610. The number of anilines is 3. The minimum atomic E-state index is -1.09. The standard InChI is InChI=1S/C90H122N14O17/c1-58-13-8-7-9-14-59(2)79(113-6)50-70-15-12-17-78(118-70)83(109)86(110)103-30-11-10-16-73(103)87(111)119-71(49-74(105)61(4)46-62(5)76(107)51-75(106)60(3)45-58)26-21-63-19-24-69(25-20-63)120-90(112)95-54-65-52-93-89(94-53-65)101-34-32-100(33-35-101)36-38-115-40-42-117-44-43-116-41-39-114-37-29-80(108)102-31-28-66-47-64(18-22-68(66)56-102)55-104-85-81(84(91)96-57-97-85)82(99-104)67-23-27-77-72(48-67)98-88(92)121-77/h7-9,13-14,18,22-23,27,46-48,52-53,57-58,60-61,63,69-71,73,76,78-79,107H,10-12,15-17,19-21,24-26,28-45,49-51,54-56H2,1-6H3,(H2,92,98)(H,95,112)(H2,91,96,97)/b9-7+,13-8+,59-14+,62-46+/t58-,60-,61-,63-,69-,70?,71-,73+,76+,78?,79+/m1/s1. The van der Waals surface area contributed by atoms with E-state index >= 15 is 0 Å². The number of nitrogens with one attached hydrogen (secondary N) is 1. The fourth-order valence-corrected chi connectivity index (χ4v) is 17.0. The van der Waals surface area contributed by atoms with Crippen LogP contribution in [0.15, 0.2) is 107 Å². The van der Waals surface area contributed by atoms with E-state index in [-0.39, 0.29) is 91.9 Å². The molecule has 4 aromatic heterocycles. The fraction of sp³-hybridized carbons (Fsp3) is 0.589. The van der Waals surface area contributed by atoms with Gasteiger partial charge in [-0.3, -0.25) is 28.9 Å². The van der Waals surface area contributed by atoms with Gasteiger partial charge in [0.15, 0.2) is 11.2 Å². The zero-order valence-electron chi connectivity index (χ0n) is 71.0. The van der Waals surface area contributed by atoms with Gasteiger partial charge in [-0.1, -0.05) is 75.4 Å². The minimum Gasteiger partial charge on any atom is -0.460 e. The van der Waals surface area contributed by atoms with Crippen LogP contribution in [0.4, 0.5) is 22.6 Å². The second kappa shape index (κ2) is 44.9. The largest absolute Gasteiger partial charge is 0.460 e. The Labute approximate surface area is 708 Å². The number of aromatic nitrogens is 7. The summed E-state index contributed by atoms with van der Waals surface area (Å²) >= 11 is 0. The third-order valence-electron chi connectivity index (χ3n) is 24.2. The lowest BCUT2D eigenvalue weighted by Crippen LogP contribution is -2.54. The summed E-state index contributed by atoms with van der Waals surface area (Å²) in [6, 6.07) is 10.9. The number of fused-ring (bicyclic) bond motifs is 6. The SMILES string of the molecule is CO[C@H]1CC2CCCC(O2)C(=O)C(=O)N2CCCC[C@H]2C(=O)O[C@H](CC[C@H]2CC[C@H](OC(=O)NCc3cnc(N4CCN(CCOCCOCCOCCOCCC(=O)N5CCc6cc(Cn7nc(-c8ccc9oc(N)nc9c8)c8c(N)ncnc87)ccc6C5)CC4)nc3)CC2)CC(=O)[C@H](C)/C=C(\C)[C@@H](O)CC(=O)[C@H](C)C[C@H](C)/C=C/C=C/C=C/1C. The molecule has 3 saturated heterocycles. The normalized spacial score (nSPS) is 25.9. The lowest BCUT2D eigenvalue weighted by Gasteiger charge is -2.36. The number of aliphatic hydroxyl groups excluding tert-OH is 1. The number of piperidine rings is 1. The number of carbonyl (C=O) groups excluding carboxylic acids is 7. The number of alkyl carbamates (subject to hydrolysis) is 1. The number of rotatable bonds is 26. The molecule has 4 fully saturated rings. The number of oxazole rings is 1. The van der Waals surface area contributed by atoms with Gasteiger partial charge in [0.1, 0.15) is 59.3 Å². The maximum atomic E-state index is 14.5. The number of amides is 3. The highest BCUT2D eigenvalue weighted by Gasteiger charge is 2.42. The summed E-state index contributed by atoms with van der Waals surface area (Å²) in [5, 5.41) is 19.7. The van der Waals surface area contributed by atoms with E-state index in [1.807, 2.05) is 72.9 Å². The van der Waals surface area contributed by atoms with Crippen LogP contribution in [0.5, 0.6) is 0 Å². The molecule has 12 rings (SSSR count). The Kier molecular flexibility index (Phi) is 33.6. The van der Waals surface area contributed by atoms with E-state index in [2.05, 4.69) is 58.2 Å². The van der Waals surface area contributed by atoms with Crippen LogP contribution in [0.1, 0.15) is 166 Å². The molecule has 6 N–H and O–H groups in total. The molecule has 0 spiro atoms. The molecule has 2 aromatic carbocycles. The molecule has 9 heterocycles. The van der Waals surface area contributed by atoms with E-state index in [0.717, 1.165) is 79.8 Å². The number of esters is 1. The maximum absolute atomic E-state index is 14.5. The van der Waals surface area contributed by atoms with E-state index in [1.165, 1.54) is 16.8 Å². The third kappa shape index (κ3) is 25.9. The molecule has 2 bridgehead atoms. The van der Waals surface area contributed by atoms with Crippen molar-refractivity contribution in [3.8, 4) is 11.3 Å². The minimum absolute atomic E-state index is 0.0491. The number of benzene rings is 2. The number of cyclic esters (lactones) is 1. The van der Waals surface area contributed by atoms with Crippen LogP contribution in [-0.2, 0) is 92.7 Å². The molecule has 5 aliphatic heterocycles. The molecule has 3 amide bonds. The van der Waals surface area contributed by atoms with Crippen LogP contribution in [-0.4, -0.2) is 244 Å². The second-order valence-electron chi connectivity index (χ2n) is 33.2. The zero-order chi connectivity index (χ0) is 85.3. The Morgan fingerprint density at radius 2 is 1.47 bits per heavy atom. The number of hydrogen-bond acceptors (Lipinski definition) is 27. The van der Waals surface area contributed by atoms with Gasteiger partial charge in [0, 0.05) is 121 Å². The molecule has 6 aliphatic rings. The monoisotopic (exact) mass is 1670 g/mol. The van der Waals surface area contributed by atoms with Crippen molar-refractivity contribution in [2.24, 2.45) is 23.7 Å². The molecule has 6 aromatic rings. The first-order valence-electron chi connectivity index (χ1n) is 43.3. The number of aliphatic hydroxyl groups is 1. The molecule has 2 unspecified atom stereocenters. The van der Waals surface area contributed by atoms with Crippen molar-refractivity contribution in [3.05, 3.63) is 125 Å².